The molecule has 2 aliphatic heterocycles. The number of piperazine rings is 1. The Morgan fingerprint density at radius 2 is 1.82 bits per heavy atom. The smallest absolute Gasteiger partial charge is 0.356 e. The summed E-state index contributed by atoms with van der Waals surface area (Å²) in [6.45, 7) is 4.65. The van der Waals surface area contributed by atoms with E-state index in [9.17, 15) is 33.1 Å². The normalized spacial score (nSPS) is 17.9. The van der Waals surface area contributed by atoms with Crippen molar-refractivity contribution >= 4 is 29.3 Å². The number of H-pyrrole nitrogens is 2. The number of carbonyl (C=O) groups is 2. The van der Waals surface area contributed by atoms with Crippen molar-refractivity contribution in [3.8, 4) is 0 Å². The van der Waals surface area contributed by atoms with Crippen LogP contribution in [0.5, 0.6) is 0 Å². The van der Waals surface area contributed by atoms with Gasteiger partial charge >= 0.3 is 5.97 Å². The standard InChI is InChI=1S/C29H34F2N8O5/c1-2-17-15-38(11-12-39(17)18-7-9-37(10-8-18)28(42)19-4-6-22(40)34-24(19)32)26-27(41)35-23(29(43)44)25(36-26)33-14-16-3-5-20(30)21(31)13-16/h3-6,13,17-18H,2,7-12,14-15H2,1H3,(H,33,36)(H,35,41)(H,43,44)(H3,32,34,40). The molecular formula is C29H34F2N8O5. The Balaban J connectivity index is 1.26. The highest BCUT2D eigenvalue weighted by molar-refractivity contribution is 5.98. The van der Waals surface area contributed by atoms with Crippen molar-refractivity contribution in [2.24, 2.45) is 0 Å². The largest absolute Gasteiger partial charge is 0.476 e. The molecule has 0 spiro atoms. The second-order valence-corrected chi connectivity index (χ2v) is 10.9. The van der Waals surface area contributed by atoms with Crippen LogP contribution in [-0.2, 0) is 6.54 Å². The molecule has 6 N–H and O–H groups in total. The van der Waals surface area contributed by atoms with Crippen molar-refractivity contribution in [1.82, 2.24) is 24.8 Å². The Kier molecular flexibility index (Phi) is 8.94. The molecule has 1 aromatic carbocycles. The highest BCUT2D eigenvalue weighted by Crippen LogP contribution is 2.26. The third-order valence-corrected chi connectivity index (χ3v) is 8.25. The minimum atomic E-state index is -1.39. The zero-order valence-corrected chi connectivity index (χ0v) is 24.1. The van der Waals surface area contributed by atoms with Gasteiger partial charge in [-0.3, -0.25) is 19.3 Å². The highest BCUT2D eigenvalue weighted by atomic mass is 19.2. The van der Waals surface area contributed by atoms with Gasteiger partial charge in [0.1, 0.15) is 5.82 Å². The number of hydrogen-bond acceptors (Lipinski definition) is 9. The van der Waals surface area contributed by atoms with Gasteiger partial charge in [-0.1, -0.05) is 13.0 Å². The predicted molar refractivity (Wildman–Crippen MR) is 159 cm³/mol. The molecule has 4 heterocycles. The van der Waals surface area contributed by atoms with Gasteiger partial charge in [0.05, 0.1) is 5.56 Å². The molecule has 1 unspecified atom stereocenters. The zero-order chi connectivity index (χ0) is 31.5. The number of nitrogens with zero attached hydrogens (tertiary/aromatic N) is 4. The van der Waals surface area contributed by atoms with Gasteiger partial charge in [0, 0.05) is 57.4 Å². The first-order valence-electron chi connectivity index (χ1n) is 14.4. The van der Waals surface area contributed by atoms with Crippen LogP contribution in [0.2, 0.25) is 0 Å². The number of pyridine rings is 1. The fourth-order valence-electron chi connectivity index (χ4n) is 5.93. The van der Waals surface area contributed by atoms with E-state index in [1.807, 2.05) is 4.90 Å². The molecule has 0 aliphatic carbocycles. The van der Waals surface area contributed by atoms with Gasteiger partial charge in [-0.05, 0) is 43.0 Å². The van der Waals surface area contributed by atoms with Crippen molar-refractivity contribution in [2.45, 2.75) is 44.8 Å². The number of carbonyl (C=O) groups excluding carboxylic acids is 1. The van der Waals surface area contributed by atoms with Crippen LogP contribution >= 0.6 is 0 Å². The molecule has 2 aliphatic rings. The first kappa shape index (κ1) is 30.7. The third-order valence-electron chi connectivity index (χ3n) is 8.25. The number of carboxylic acids is 1. The van der Waals surface area contributed by atoms with E-state index in [-0.39, 0.29) is 53.1 Å². The summed E-state index contributed by atoms with van der Waals surface area (Å²) in [5.41, 5.74) is 5.06. The van der Waals surface area contributed by atoms with Crippen molar-refractivity contribution in [2.75, 3.05) is 48.7 Å². The summed E-state index contributed by atoms with van der Waals surface area (Å²) in [5.74, 6) is -3.61. The first-order chi connectivity index (χ1) is 21.0. The van der Waals surface area contributed by atoms with Gasteiger partial charge in [0.15, 0.2) is 29.0 Å². The molecule has 1 amide bonds. The first-order valence-corrected chi connectivity index (χ1v) is 14.4. The quantitative estimate of drug-likeness (QED) is 0.252. The molecule has 15 heteroatoms. The van der Waals surface area contributed by atoms with Gasteiger partial charge in [0.25, 0.3) is 11.5 Å². The lowest BCUT2D eigenvalue weighted by molar-refractivity contribution is 0.0490. The van der Waals surface area contributed by atoms with Crippen LogP contribution in [0.4, 0.5) is 26.2 Å². The van der Waals surface area contributed by atoms with E-state index in [2.05, 4.69) is 32.1 Å². The summed E-state index contributed by atoms with van der Waals surface area (Å²) in [5, 5.41) is 12.5. The molecule has 0 radical (unpaired) electrons. The van der Waals surface area contributed by atoms with Gasteiger partial charge in [-0.15, -0.1) is 0 Å². The van der Waals surface area contributed by atoms with Crippen molar-refractivity contribution in [1.29, 1.82) is 0 Å². The molecule has 3 aromatic rings. The minimum Gasteiger partial charge on any atom is -0.476 e. The zero-order valence-electron chi connectivity index (χ0n) is 24.1. The van der Waals surface area contributed by atoms with E-state index in [1.165, 1.54) is 18.2 Å². The molecule has 1 atom stereocenters. The highest BCUT2D eigenvalue weighted by Gasteiger charge is 2.35. The van der Waals surface area contributed by atoms with Gasteiger partial charge in [0.2, 0.25) is 5.56 Å². The number of benzene rings is 1. The molecule has 2 saturated heterocycles. The Morgan fingerprint density at radius 1 is 1.07 bits per heavy atom. The molecule has 0 saturated carbocycles. The van der Waals surface area contributed by atoms with E-state index >= 15 is 0 Å². The maximum atomic E-state index is 13.7. The van der Waals surface area contributed by atoms with Gasteiger partial charge < -0.3 is 35.9 Å². The fraction of sp³-hybridized carbons (Fsp3) is 0.414. The predicted octanol–water partition coefficient (Wildman–Crippen LogP) is 1.83. The SMILES string of the molecule is CCC1CN(c2nc(NCc3ccc(F)c(F)c3)c(C(=O)O)[nH]c2=O)CCN1C1CCN(C(=O)c2ccc(=O)[nH]c2N)CC1. The maximum absolute atomic E-state index is 13.7. The van der Waals surface area contributed by atoms with Crippen LogP contribution in [0.25, 0.3) is 0 Å². The number of nitrogens with one attached hydrogen (secondary N) is 3. The average Bonchev–Trinajstić information content (AvgIpc) is 3.01. The number of rotatable bonds is 8. The van der Waals surface area contributed by atoms with E-state index in [1.54, 1.807) is 4.90 Å². The Bertz CT molecular complexity index is 1670. The van der Waals surface area contributed by atoms with Crippen LogP contribution in [0, 0.1) is 11.6 Å². The summed E-state index contributed by atoms with van der Waals surface area (Å²) >= 11 is 0. The molecule has 234 valence electrons. The van der Waals surface area contributed by atoms with E-state index < -0.39 is 28.9 Å². The topological polar surface area (TPSA) is 181 Å². The van der Waals surface area contributed by atoms with Crippen molar-refractivity contribution < 1.29 is 23.5 Å². The number of aromatic carboxylic acids is 1. The number of hydrogen-bond donors (Lipinski definition) is 5. The molecule has 2 fully saturated rings. The van der Waals surface area contributed by atoms with E-state index in [0.29, 0.717) is 38.3 Å². The van der Waals surface area contributed by atoms with Crippen LogP contribution in [0.1, 0.15) is 52.6 Å². The molecule has 5 rings (SSSR count). The monoisotopic (exact) mass is 612 g/mol. The summed E-state index contributed by atoms with van der Waals surface area (Å²) in [7, 11) is 0. The van der Waals surface area contributed by atoms with Crippen LogP contribution < -0.4 is 27.1 Å². The second-order valence-electron chi connectivity index (χ2n) is 10.9. The maximum Gasteiger partial charge on any atom is 0.356 e. The third kappa shape index (κ3) is 6.41. The van der Waals surface area contributed by atoms with Gasteiger partial charge in [-0.2, -0.15) is 0 Å². The summed E-state index contributed by atoms with van der Waals surface area (Å²) in [6.07, 6.45) is 2.28. The lowest BCUT2D eigenvalue weighted by Gasteiger charge is -2.47. The van der Waals surface area contributed by atoms with Crippen molar-refractivity contribution in [3.63, 3.8) is 0 Å². The number of aromatic amines is 2. The number of likely N-dealkylation sites (tertiary alicyclic amines) is 1. The Hall–Kier alpha value is -4.79. The van der Waals surface area contributed by atoms with Crippen molar-refractivity contribution in [3.05, 3.63) is 79.5 Å². The number of nitrogens with two attached hydrogens (primary N) is 1. The van der Waals surface area contributed by atoms with Gasteiger partial charge in [-0.25, -0.2) is 18.6 Å². The summed E-state index contributed by atoms with van der Waals surface area (Å²) < 4.78 is 27.0. The Morgan fingerprint density at radius 3 is 2.48 bits per heavy atom. The summed E-state index contributed by atoms with van der Waals surface area (Å²) in [4.78, 5) is 64.5. The van der Waals surface area contributed by atoms with Crippen LogP contribution in [0.15, 0.2) is 39.9 Å². The van der Waals surface area contributed by atoms with E-state index in [0.717, 1.165) is 31.4 Å². The fourth-order valence-corrected chi connectivity index (χ4v) is 5.93. The number of halogens is 2. The molecule has 0 bridgehead atoms. The average molecular weight is 613 g/mol. The van der Waals surface area contributed by atoms with Crippen LogP contribution in [0.3, 0.4) is 0 Å². The number of carboxylic acid groups (broad SMARTS) is 1. The Labute approximate surface area is 250 Å². The number of amides is 1. The lowest BCUT2D eigenvalue weighted by atomic mass is 9.97. The summed E-state index contributed by atoms with van der Waals surface area (Å²) in [6, 6.07) is 6.35. The number of nitrogen functional groups attached to an aromatic ring is 1. The molecular weight excluding hydrogens is 578 g/mol. The lowest BCUT2D eigenvalue weighted by Crippen LogP contribution is -2.59. The molecule has 13 nitrogen and oxygen atoms in total. The number of anilines is 3. The van der Waals surface area contributed by atoms with E-state index in [4.69, 9.17) is 5.73 Å². The van der Waals surface area contributed by atoms with Crippen LogP contribution in [-0.4, -0.2) is 86.5 Å². The molecule has 2 aromatic heterocycles. The number of aromatic nitrogens is 3. The number of piperidine rings is 1. The second kappa shape index (κ2) is 12.8. The molecule has 44 heavy (non-hydrogen) atoms. The minimum absolute atomic E-state index is 0.0443.